The highest BCUT2D eigenvalue weighted by Crippen LogP contribution is 2.37. The van der Waals surface area contributed by atoms with Gasteiger partial charge in [-0.15, -0.1) is 0 Å². The molecule has 0 unspecified atom stereocenters. The molecule has 0 spiro atoms. The van der Waals surface area contributed by atoms with Crippen LogP contribution in [0.2, 0.25) is 0 Å². The average Bonchev–Trinajstić information content (AvgIpc) is 3.06. The average molecular weight is 430 g/mol. The van der Waals surface area contributed by atoms with E-state index in [9.17, 15) is 14.4 Å². The molecule has 1 atom stereocenters. The smallest absolute Gasteiger partial charge is 0.259 e. The maximum Gasteiger partial charge on any atom is 0.259 e. The van der Waals surface area contributed by atoms with Crippen LogP contribution in [0, 0.1) is 6.92 Å². The van der Waals surface area contributed by atoms with E-state index in [1.54, 1.807) is 17.9 Å². The van der Waals surface area contributed by atoms with Crippen LogP contribution < -0.4 is 10.2 Å². The molecule has 1 N–H and O–H groups in total. The minimum atomic E-state index is -0.667. The first-order valence-corrected chi connectivity index (χ1v) is 10.9. The third-order valence-corrected chi connectivity index (χ3v) is 5.93. The summed E-state index contributed by atoms with van der Waals surface area (Å²) < 4.78 is 0. The molecule has 6 nitrogen and oxygen atoms in total. The van der Waals surface area contributed by atoms with E-state index in [2.05, 4.69) is 5.32 Å². The lowest BCUT2D eigenvalue weighted by atomic mass is 10.1. The van der Waals surface area contributed by atoms with Crippen LogP contribution in [-0.2, 0) is 16.1 Å². The van der Waals surface area contributed by atoms with Crippen LogP contribution in [-0.4, -0.2) is 41.8 Å². The Labute approximate surface area is 187 Å². The molecule has 1 heterocycles. The fourth-order valence-corrected chi connectivity index (χ4v) is 4.16. The lowest BCUT2D eigenvalue weighted by molar-refractivity contribution is -0.139. The summed E-state index contributed by atoms with van der Waals surface area (Å²) in [5.74, 6) is -0.681. The zero-order chi connectivity index (χ0) is 22.8. The summed E-state index contributed by atoms with van der Waals surface area (Å²) in [7, 11) is 0. The summed E-state index contributed by atoms with van der Waals surface area (Å²) in [5.41, 5.74) is 3.39. The van der Waals surface area contributed by atoms with Crippen molar-refractivity contribution < 1.29 is 14.4 Å². The molecule has 32 heavy (non-hydrogen) atoms. The summed E-state index contributed by atoms with van der Waals surface area (Å²) in [6.07, 6.45) is 0. The number of carbonyl (C=O) groups is 3. The van der Waals surface area contributed by atoms with E-state index in [1.165, 1.54) is 4.90 Å². The Morgan fingerprint density at radius 2 is 1.72 bits per heavy atom. The molecule has 0 saturated carbocycles. The number of amides is 3. The number of anilines is 1. The number of carbonyl (C=O) groups excluding carboxylic acids is 3. The number of hydrogen-bond donors (Lipinski definition) is 1. The van der Waals surface area contributed by atoms with Gasteiger partial charge in [0.2, 0.25) is 11.8 Å². The van der Waals surface area contributed by atoms with Crippen LogP contribution in [0.15, 0.2) is 60.7 Å². The summed E-state index contributed by atoms with van der Waals surface area (Å²) in [4.78, 5) is 42.3. The third-order valence-electron chi connectivity index (χ3n) is 5.93. The first-order valence-electron chi connectivity index (χ1n) is 10.9. The number of hydrogen-bond acceptors (Lipinski definition) is 3. The fourth-order valence-electron chi connectivity index (χ4n) is 4.16. The van der Waals surface area contributed by atoms with Crippen molar-refractivity contribution in [3.8, 4) is 0 Å². The molecular formula is C26H27N3O3. The monoisotopic (exact) mass is 429 g/mol. The van der Waals surface area contributed by atoms with Gasteiger partial charge in [-0.3, -0.25) is 19.3 Å². The normalized spacial score (nSPS) is 13.3. The van der Waals surface area contributed by atoms with E-state index in [-0.39, 0.29) is 30.8 Å². The minimum absolute atomic E-state index is 0.123. The molecule has 3 aromatic carbocycles. The fraction of sp³-hybridized carbons (Fsp3) is 0.269. The van der Waals surface area contributed by atoms with E-state index >= 15 is 0 Å². The Morgan fingerprint density at radius 1 is 1.03 bits per heavy atom. The van der Waals surface area contributed by atoms with Gasteiger partial charge in [-0.1, -0.05) is 54.1 Å². The molecule has 164 valence electrons. The molecule has 3 amide bonds. The summed E-state index contributed by atoms with van der Waals surface area (Å²) in [5, 5.41) is 4.63. The highest BCUT2D eigenvalue weighted by atomic mass is 16.2. The summed E-state index contributed by atoms with van der Waals surface area (Å²) >= 11 is 0. The molecule has 6 heteroatoms. The van der Waals surface area contributed by atoms with Crippen molar-refractivity contribution in [3.05, 3.63) is 77.4 Å². The van der Waals surface area contributed by atoms with Crippen molar-refractivity contribution in [2.75, 3.05) is 18.0 Å². The van der Waals surface area contributed by atoms with Gasteiger partial charge < -0.3 is 10.2 Å². The van der Waals surface area contributed by atoms with Gasteiger partial charge in [0.15, 0.2) is 0 Å². The SMILES string of the molecule is CCNC(=O)[C@@H](C)N(Cc1ccc(C)cc1)C(=O)CN1C(=O)c2cccc3cccc1c23. The van der Waals surface area contributed by atoms with Crippen LogP contribution in [0.5, 0.6) is 0 Å². The van der Waals surface area contributed by atoms with Gasteiger partial charge in [0.1, 0.15) is 12.6 Å². The molecule has 0 bridgehead atoms. The largest absolute Gasteiger partial charge is 0.355 e. The number of benzene rings is 3. The molecule has 0 saturated heterocycles. The first kappa shape index (κ1) is 21.6. The number of nitrogens with zero attached hydrogens (tertiary/aromatic N) is 2. The predicted molar refractivity (Wildman–Crippen MR) is 125 cm³/mol. The number of aryl methyl sites for hydroxylation is 1. The maximum absolute atomic E-state index is 13.5. The van der Waals surface area contributed by atoms with Gasteiger partial charge >= 0.3 is 0 Å². The van der Waals surface area contributed by atoms with Crippen LogP contribution >= 0.6 is 0 Å². The van der Waals surface area contributed by atoms with Crippen LogP contribution in [0.3, 0.4) is 0 Å². The van der Waals surface area contributed by atoms with Gasteiger partial charge in [0, 0.05) is 24.0 Å². The van der Waals surface area contributed by atoms with Gasteiger partial charge in [-0.25, -0.2) is 0 Å². The molecule has 0 radical (unpaired) electrons. The Hall–Kier alpha value is -3.67. The second-order valence-electron chi connectivity index (χ2n) is 8.15. The molecule has 1 aliphatic heterocycles. The molecule has 0 aromatic heterocycles. The van der Waals surface area contributed by atoms with Gasteiger partial charge in [0.25, 0.3) is 5.91 Å². The van der Waals surface area contributed by atoms with Crippen molar-refractivity contribution in [2.45, 2.75) is 33.4 Å². The van der Waals surface area contributed by atoms with E-state index in [4.69, 9.17) is 0 Å². The lowest BCUT2D eigenvalue weighted by Gasteiger charge is -2.30. The third kappa shape index (κ3) is 3.96. The summed E-state index contributed by atoms with van der Waals surface area (Å²) in [6, 6.07) is 18.5. The maximum atomic E-state index is 13.5. The molecule has 1 aliphatic rings. The zero-order valence-electron chi connectivity index (χ0n) is 18.6. The topological polar surface area (TPSA) is 69.7 Å². The number of rotatable bonds is 7. The van der Waals surface area contributed by atoms with Crippen molar-refractivity contribution >= 4 is 34.2 Å². The van der Waals surface area contributed by atoms with Crippen LogP contribution in [0.1, 0.15) is 35.3 Å². The van der Waals surface area contributed by atoms with Gasteiger partial charge in [0.05, 0.1) is 5.69 Å². The van der Waals surface area contributed by atoms with E-state index in [1.807, 2.05) is 68.4 Å². The molecule has 3 aromatic rings. The van der Waals surface area contributed by atoms with Gasteiger partial charge in [-0.2, -0.15) is 0 Å². The Morgan fingerprint density at radius 3 is 2.41 bits per heavy atom. The quantitative estimate of drug-likeness (QED) is 0.623. The van der Waals surface area contributed by atoms with Crippen LogP contribution in [0.4, 0.5) is 5.69 Å². The number of likely N-dealkylation sites (N-methyl/N-ethyl adjacent to an activating group) is 1. The lowest BCUT2D eigenvalue weighted by Crippen LogP contribution is -2.50. The summed E-state index contributed by atoms with van der Waals surface area (Å²) in [6.45, 7) is 6.22. The molecular weight excluding hydrogens is 402 g/mol. The van der Waals surface area contributed by atoms with E-state index in [0.717, 1.165) is 27.6 Å². The first-order chi connectivity index (χ1) is 15.4. The van der Waals surface area contributed by atoms with Crippen molar-refractivity contribution in [1.82, 2.24) is 10.2 Å². The second-order valence-corrected chi connectivity index (χ2v) is 8.15. The second kappa shape index (κ2) is 8.83. The van der Waals surface area contributed by atoms with Crippen LogP contribution in [0.25, 0.3) is 10.8 Å². The van der Waals surface area contributed by atoms with Crippen molar-refractivity contribution in [2.24, 2.45) is 0 Å². The molecule has 4 rings (SSSR count). The molecule has 0 fully saturated rings. The zero-order valence-corrected chi connectivity index (χ0v) is 18.6. The van der Waals surface area contributed by atoms with Gasteiger partial charge in [-0.05, 0) is 43.9 Å². The van der Waals surface area contributed by atoms with E-state index < -0.39 is 6.04 Å². The molecule has 0 aliphatic carbocycles. The van der Waals surface area contributed by atoms with Crippen molar-refractivity contribution in [3.63, 3.8) is 0 Å². The Balaban J connectivity index is 1.62. The van der Waals surface area contributed by atoms with Crippen molar-refractivity contribution in [1.29, 1.82) is 0 Å². The number of nitrogens with one attached hydrogen (secondary N) is 1. The Bertz CT molecular complexity index is 1180. The minimum Gasteiger partial charge on any atom is -0.355 e. The predicted octanol–water partition coefficient (Wildman–Crippen LogP) is 3.66. The van der Waals surface area contributed by atoms with E-state index in [0.29, 0.717) is 12.1 Å². The highest BCUT2D eigenvalue weighted by molar-refractivity contribution is 6.26. The standard InChI is InChI=1S/C26H27N3O3/c1-4-27-25(31)18(3)28(15-19-13-11-17(2)12-14-19)23(30)16-29-22-10-6-8-20-7-5-9-21(24(20)22)26(29)32/h5-14,18H,4,15-16H2,1-3H3,(H,27,31)/t18-/m1/s1. The highest BCUT2D eigenvalue weighted by Gasteiger charge is 2.34. The Kier molecular flexibility index (Phi) is 5.95.